The number of benzene rings is 1. The first kappa shape index (κ1) is 13.0. The molecule has 1 unspecified atom stereocenters. The molecule has 1 heterocycles. The second kappa shape index (κ2) is 5.07. The molecule has 7 heteroatoms. The van der Waals surface area contributed by atoms with Gasteiger partial charge in [0.05, 0.1) is 22.4 Å². The second-order valence-corrected chi connectivity index (χ2v) is 5.19. The van der Waals surface area contributed by atoms with Gasteiger partial charge in [-0.3, -0.25) is 0 Å². The number of aliphatic carboxylic acids is 1. The van der Waals surface area contributed by atoms with E-state index in [1.165, 1.54) is 0 Å². The van der Waals surface area contributed by atoms with Crippen molar-refractivity contribution in [2.75, 3.05) is 5.32 Å². The number of aromatic nitrogens is 2. The third-order valence-electron chi connectivity index (χ3n) is 2.61. The number of halogens is 1. The highest BCUT2D eigenvalue weighted by molar-refractivity contribution is 7.00. The minimum absolute atomic E-state index is 0.0691. The molecule has 0 fully saturated rings. The molecule has 0 aliphatic rings. The predicted molar refractivity (Wildman–Crippen MR) is 72.3 cm³/mol. The van der Waals surface area contributed by atoms with Crippen LogP contribution in [-0.2, 0) is 4.79 Å². The number of nitrogens with one attached hydrogen (secondary N) is 1. The molecule has 1 atom stereocenters. The van der Waals surface area contributed by atoms with Gasteiger partial charge in [-0.05, 0) is 18.1 Å². The van der Waals surface area contributed by atoms with Crippen LogP contribution < -0.4 is 5.32 Å². The van der Waals surface area contributed by atoms with Crippen LogP contribution in [0.5, 0.6) is 0 Å². The molecule has 0 amide bonds. The number of hydrogen-bond donors (Lipinski definition) is 2. The zero-order valence-electron chi connectivity index (χ0n) is 9.85. The van der Waals surface area contributed by atoms with Crippen molar-refractivity contribution in [3.63, 3.8) is 0 Å². The van der Waals surface area contributed by atoms with Crippen molar-refractivity contribution < 1.29 is 9.90 Å². The maximum atomic E-state index is 11.2. The van der Waals surface area contributed by atoms with Gasteiger partial charge < -0.3 is 10.4 Å². The Kier molecular flexibility index (Phi) is 3.68. The highest BCUT2D eigenvalue weighted by Crippen LogP contribution is 2.31. The molecular weight excluding hydrogens is 274 g/mol. The van der Waals surface area contributed by atoms with E-state index in [-0.39, 0.29) is 5.92 Å². The maximum absolute atomic E-state index is 11.2. The quantitative estimate of drug-likeness (QED) is 0.903. The van der Waals surface area contributed by atoms with E-state index in [0.717, 1.165) is 11.7 Å². The van der Waals surface area contributed by atoms with Crippen molar-refractivity contribution in [3.05, 3.63) is 17.2 Å². The van der Waals surface area contributed by atoms with Gasteiger partial charge in [-0.15, -0.1) is 0 Å². The van der Waals surface area contributed by atoms with Gasteiger partial charge in [0.1, 0.15) is 17.1 Å². The molecule has 0 saturated carbocycles. The Morgan fingerprint density at radius 2 is 2.17 bits per heavy atom. The molecule has 0 radical (unpaired) electrons. The van der Waals surface area contributed by atoms with Crippen LogP contribution in [0.15, 0.2) is 12.1 Å². The standard InChI is InChI=1S/C11H12ClN3O2S/c1-5(2)8(11(16)17)13-9-6(12)3-4-7-10(9)15-18-14-7/h3-5,8,13H,1-2H3,(H,16,17). The lowest BCUT2D eigenvalue weighted by molar-refractivity contribution is -0.138. The average Bonchev–Trinajstić information content (AvgIpc) is 2.74. The van der Waals surface area contributed by atoms with Crippen LogP contribution >= 0.6 is 23.3 Å². The maximum Gasteiger partial charge on any atom is 0.326 e. The Morgan fingerprint density at radius 3 is 2.78 bits per heavy atom. The molecule has 2 aromatic rings. The molecule has 0 aliphatic carbocycles. The molecule has 0 saturated heterocycles. The smallest absolute Gasteiger partial charge is 0.326 e. The van der Waals surface area contributed by atoms with Gasteiger partial charge in [0, 0.05) is 0 Å². The largest absolute Gasteiger partial charge is 0.480 e. The Labute approximate surface area is 113 Å². The van der Waals surface area contributed by atoms with Crippen molar-refractivity contribution in [2.24, 2.45) is 5.92 Å². The molecule has 18 heavy (non-hydrogen) atoms. The number of carboxylic acids is 1. The van der Waals surface area contributed by atoms with E-state index in [1.54, 1.807) is 12.1 Å². The van der Waals surface area contributed by atoms with Gasteiger partial charge >= 0.3 is 5.97 Å². The summed E-state index contributed by atoms with van der Waals surface area (Å²) in [6, 6.07) is 2.74. The summed E-state index contributed by atoms with van der Waals surface area (Å²) in [5.41, 5.74) is 1.85. The van der Waals surface area contributed by atoms with Crippen LogP contribution in [0.2, 0.25) is 5.02 Å². The molecular formula is C11H12ClN3O2S. The van der Waals surface area contributed by atoms with Gasteiger partial charge in [-0.1, -0.05) is 25.4 Å². The summed E-state index contributed by atoms with van der Waals surface area (Å²) >= 11 is 7.17. The first-order valence-corrected chi connectivity index (χ1v) is 6.51. The molecule has 1 aromatic carbocycles. The fraction of sp³-hybridized carbons (Fsp3) is 0.364. The molecule has 96 valence electrons. The van der Waals surface area contributed by atoms with Gasteiger partial charge in [0.25, 0.3) is 0 Å². The van der Waals surface area contributed by atoms with Gasteiger partial charge in [0.15, 0.2) is 0 Å². The Bertz CT molecular complexity index is 585. The summed E-state index contributed by atoms with van der Waals surface area (Å²) in [5.74, 6) is -0.985. The SMILES string of the molecule is CC(C)C(Nc1c(Cl)ccc2nsnc12)C(=O)O. The number of anilines is 1. The van der Waals surface area contributed by atoms with Crippen LogP contribution in [0.25, 0.3) is 11.0 Å². The van der Waals surface area contributed by atoms with Gasteiger partial charge in [-0.2, -0.15) is 8.75 Å². The van der Waals surface area contributed by atoms with Crippen LogP contribution in [0.1, 0.15) is 13.8 Å². The molecule has 0 spiro atoms. The predicted octanol–water partition coefficient (Wildman–Crippen LogP) is 2.87. The van der Waals surface area contributed by atoms with Crippen LogP contribution in [-0.4, -0.2) is 25.9 Å². The third-order valence-corrected chi connectivity index (χ3v) is 3.47. The second-order valence-electron chi connectivity index (χ2n) is 4.26. The summed E-state index contributed by atoms with van der Waals surface area (Å²) in [4.78, 5) is 11.2. The van der Waals surface area contributed by atoms with E-state index in [4.69, 9.17) is 11.6 Å². The van der Waals surface area contributed by atoms with Gasteiger partial charge in [-0.25, -0.2) is 4.79 Å². The Balaban J connectivity index is 2.44. The van der Waals surface area contributed by atoms with E-state index in [1.807, 2.05) is 13.8 Å². The zero-order chi connectivity index (χ0) is 13.3. The summed E-state index contributed by atoms with van der Waals surface area (Å²) in [6.45, 7) is 3.66. The normalized spacial score (nSPS) is 12.9. The van der Waals surface area contributed by atoms with Crippen molar-refractivity contribution >= 4 is 46.0 Å². The number of nitrogens with zero attached hydrogens (tertiary/aromatic N) is 2. The van der Waals surface area contributed by atoms with Crippen LogP contribution in [0.4, 0.5) is 5.69 Å². The summed E-state index contributed by atoms with van der Waals surface area (Å²) in [5, 5.41) is 12.6. The molecule has 5 nitrogen and oxygen atoms in total. The molecule has 2 rings (SSSR count). The first-order valence-electron chi connectivity index (χ1n) is 5.41. The highest BCUT2D eigenvalue weighted by Gasteiger charge is 2.23. The fourth-order valence-corrected chi connectivity index (χ4v) is 2.38. The molecule has 1 aromatic heterocycles. The van der Waals surface area contributed by atoms with E-state index < -0.39 is 12.0 Å². The number of fused-ring (bicyclic) bond motifs is 1. The van der Waals surface area contributed by atoms with Crippen LogP contribution in [0.3, 0.4) is 0 Å². The molecule has 0 bridgehead atoms. The van der Waals surface area contributed by atoms with E-state index >= 15 is 0 Å². The molecule has 0 aliphatic heterocycles. The third kappa shape index (κ3) is 2.39. The van der Waals surface area contributed by atoms with Gasteiger partial charge in [0.2, 0.25) is 0 Å². The average molecular weight is 286 g/mol. The van der Waals surface area contributed by atoms with Crippen molar-refractivity contribution in [1.82, 2.24) is 8.75 Å². The van der Waals surface area contributed by atoms with Crippen molar-refractivity contribution in [1.29, 1.82) is 0 Å². The van der Waals surface area contributed by atoms with Crippen molar-refractivity contribution in [2.45, 2.75) is 19.9 Å². The fourth-order valence-electron chi connectivity index (χ4n) is 1.63. The van der Waals surface area contributed by atoms with E-state index in [0.29, 0.717) is 21.7 Å². The number of rotatable bonds is 4. The Hall–Kier alpha value is -1.40. The number of hydrogen-bond acceptors (Lipinski definition) is 5. The summed E-state index contributed by atoms with van der Waals surface area (Å²) in [7, 11) is 0. The number of carboxylic acid groups (broad SMARTS) is 1. The monoisotopic (exact) mass is 285 g/mol. The van der Waals surface area contributed by atoms with Crippen LogP contribution in [0, 0.1) is 5.92 Å². The zero-order valence-corrected chi connectivity index (χ0v) is 11.4. The van der Waals surface area contributed by atoms with E-state index in [9.17, 15) is 9.90 Å². The topological polar surface area (TPSA) is 75.1 Å². The van der Waals surface area contributed by atoms with Crippen molar-refractivity contribution in [3.8, 4) is 0 Å². The molecule has 2 N–H and O–H groups in total. The lowest BCUT2D eigenvalue weighted by atomic mass is 10.0. The highest BCUT2D eigenvalue weighted by atomic mass is 35.5. The summed E-state index contributed by atoms with van der Waals surface area (Å²) in [6.07, 6.45) is 0. The first-order chi connectivity index (χ1) is 8.50. The lowest BCUT2D eigenvalue weighted by Crippen LogP contribution is -2.34. The Morgan fingerprint density at radius 1 is 1.44 bits per heavy atom. The number of carbonyl (C=O) groups is 1. The lowest BCUT2D eigenvalue weighted by Gasteiger charge is -2.19. The summed E-state index contributed by atoms with van der Waals surface area (Å²) < 4.78 is 8.24. The minimum atomic E-state index is -0.916. The minimum Gasteiger partial charge on any atom is -0.480 e. The van der Waals surface area contributed by atoms with E-state index in [2.05, 4.69) is 14.1 Å².